The van der Waals surface area contributed by atoms with Gasteiger partial charge in [-0.2, -0.15) is 0 Å². The lowest BCUT2D eigenvalue weighted by Gasteiger charge is -2.13. The Bertz CT molecular complexity index is 878. The van der Waals surface area contributed by atoms with Gasteiger partial charge < -0.3 is 4.74 Å². The number of fused-ring (bicyclic) bond motifs is 1. The highest BCUT2D eigenvalue weighted by Gasteiger charge is 2.11. The van der Waals surface area contributed by atoms with Crippen LogP contribution in [0.15, 0.2) is 64.5 Å². The molecule has 0 bridgehead atoms. The fourth-order valence-electron chi connectivity index (χ4n) is 2.65. The first-order valence-corrected chi connectivity index (χ1v) is 9.52. The highest BCUT2D eigenvalue weighted by molar-refractivity contribution is 7.98. The number of aromatic nitrogens is 2. The van der Waals surface area contributed by atoms with Crippen molar-refractivity contribution >= 4 is 22.7 Å². The largest absolute Gasteiger partial charge is 0.382 e. The zero-order valence-electron chi connectivity index (χ0n) is 14.4. The van der Waals surface area contributed by atoms with Crippen molar-refractivity contribution in [3.05, 3.63) is 70.5 Å². The summed E-state index contributed by atoms with van der Waals surface area (Å²) >= 11 is 1.60. The van der Waals surface area contributed by atoms with Crippen molar-refractivity contribution < 1.29 is 4.74 Å². The minimum atomic E-state index is 0.0256. The molecule has 0 fully saturated rings. The summed E-state index contributed by atoms with van der Waals surface area (Å²) in [5, 5.41) is 1.44. The molecular weight excluding hydrogens is 332 g/mol. The summed E-state index contributed by atoms with van der Waals surface area (Å²) in [7, 11) is 0. The van der Waals surface area contributed by atoms with Gasteiger partial charge in [-0.15, -0.1) is 0 Å². The molecule has 5 heteroatoms. The number of hydrogen-bond donors (Lipinski definition) is 0. The zero-order valence-corrected chi connectivity index (χ0v) is 15.2. The molecule has 0 aliphatic heterocycles. The molecule has 0 aliphatic rings. The van der Waals surface area contributed by atoms with Crippen LogP contribution in [0.5, 0.6) is 0 Å². The van der Waals surface area contributed by atoms with Crippen LogP contribution in [0.3, 0.4) is 0 Å². The van der Waals surface area contributed by atoms with E-state index in [9.17, 15) is 4.79 Å². The second-order valence-corrected chi connectivity index (χ2v) is 6.64. The molecule has 4 nitrogen and oxygen atoms in total. The molecule has 0 atom stereocenters. The second kappa shape index (κ2) is 8.83. The Morgan fingerprint density at radius 1 is 1.08 bits per heavy atom. The summed E-state index contributed by atoms with van der Waals surface area (Å²) in [6.07, 6.45) is 0.798. The van der Waals surface area contributed by atoms with Crippen molar-refractivity contribution in [1.29, 1.82) is 0 Å². The number of hydrogen-bond acceptors (Lipinski definition) is 4. The smallest absolute Gasteiger partial charge is 0.262 e. The minimum Gasteiger partial charge on any atom is -0.382 e. The maximum atomic E-state index is 12.9. The highest BCUT2D eigenvalue weighted by Crippen LogP contribution is 2.22. The summed E-state index contributed by atoms with van der Waals surface area (Å²) in [6, 6.07) is 17.8. The SMILES string of the molecule is CCOCCCn1c(SCc2ccccc2)nc2ccccc2c1=O. The van der Waals surface area contributed by atoms with Crippen molar-refractivity contribution in [3.63, 3.8) is 0 Å². The van der Waals surface area contributed by atoms with Gasteiger partial charge in [0.1, 0.15) is 0 Å². The molecule has 0 spiro atoms. The quantitative estimate of drug-likeness (QED) is 0.347. The summed E-state index contributed by atoms with van der Waals surface area (Å²) in [5.74, 6) is 0.789. The number of nitrogens with zero attached hydrogens (tertiary/aromatic N) is 2. The molecule has 0 saturated heterocycles. The van der Waals surface area contributed by atoms with E-state index in [4.69, 9.17) is 9.72 Å². The zero-order chi connectivity index (χ0) is 17.5. The molecule has 130 valence electrons. The van der Waals surface area contributed by atoms with Crippen LogP contribution in [0.1, 0.15) is 18.9 Å². The molecule has 1 heterocycles. The molecule has 0 unspecified atom stereocenters. The monoisotopic (exact) mass is 354 g/mol. The van der Waals surface area contributed by atoms with Gasteiger partial charge in [0.25, 0.3) is 5.56 Å². The van der Waals surface area contributed by atoms with E-state index < -0.39 is 0 Å². The van der Waals surface area contributed by atoms with Gasteiger partial charge in [-0.1, -0.05) is 54.2 Å². The molecule has 0 radical (unpaired) electrons. The molecular formula is C20H22N2O2S. The fraction of sp³-hybridized carbons (Fsp3) is 0.300. The van der Waals surface area contributed by atoms with Crippen molar-refractivity contribution in [2.24, 2.45) is 0 Å². The van der Waals surface area contributed by atoms with Crippen molar-refractivity contribution in [2.45, 2.75) is 30.8 Å². The number of para-hydroxylation sites is 1. The van der Waals surface area contributed by atoms with E-state index in [-0.39, 0.29) is 5.56 Å². The summed E-state index contributed by atoms with van der Waals surface area (Å²) in [4.78, 5) is 17.6. The predicted molar refractivity (Wildman–Crippen MR) is 103 cm³/mol. The van der Waals surface area contributed by atoms with Crippen molar-refractivity contribution in [2.75, 3.05) is 13.2 Å². The Balaban J connectivity index is 1.89. The van der Waals surface area contributed by atoms with Gasteiger partial charge >= 0.3 is 0 Å². The van der Waals surface area contributed by atoms with E-state index in [0.29, 0.717) is 25.1 Å². The molecule has 1 aromatic heterocycles. The molecule has 3 aromatic rings. The van der Waals surface area contributed by atoms with E-state index in [0.717, 1.165) is 22.8 Å². The first-order valence-electron chi connectivity index (χ1n) is 8.53. The number of rotatable bonds is 8. The molecule has 3 rings (SSSR count). The maximum Gasteiger partial charge on any atom is 0.262 e. The minimum absolute atomic E-state index is 0.0256. The third-order valence-corrected chi connectivity index (χ3v) is 4.96. The van der Waals surface area contributed by atoms with Crippen LogP contribution in [-0.4, -0.2) is 22.8 Å². The maximum absolute atomic E-state index is 12.9. The van der Waals surface area contributed by atoms with Crippen LogP contribution >= 0.6 is 11.8 Å². The first kappa shape index (κ1) is 17.7. The van der Waals surface area contributed by atoms with Crippen molar-refractivity contribution in [1.82, 2.24) is 9.55 Å². The van der Waals surface area contributed by atoms with E-state index >= 15 is 0 Å². The standard InChI is InChI=1S/C20H22N2O2S/c1-2-24-14-8-13-22-19(23)17-11-6-7-12-18(17)21-20(22)25-15-16-9-4-3-5-10-16/h3-7,9-12H,2,8,13-15H2,1H3. The van der Waals surface area contributed by atoms with Gasteiger partial charge in [-0.05, 0) is 31.0 Å². The first-order chi connectivity index (χ1) is 12.3. The van der Waals surface area contributed by atoms with Crippen LogP contribution in [0.2, 0.25) is 0 Å². The Kier molecular flexibility index (Phi) is 6.25. The predicted octanol–water partition coefficient (Wildman–Crippen LogP) is 4.12. The molecule has 25 heavy (non-hydrogen) atoms. The molecule has 0 amide bonds. The fourth-order valence-corrected chi connectivity index (χ4v) is 3.63. The average molecular weight is 354 g/mol. The Labute approximate surface area is 151 Å². The normalized spacial score (nSPS) is 11.1. The molecule has 0 saturated carbocycles. The lowest BCUT2D eigenvalue weighted by atomic mass is 10.2. The molecule has 0 aliphatic carbocycles. The van der Waals surface area contributed by atoms with Gasteiger partial charge in [0, 0.05) is 25.5 Å². The second-order valence-electron chi connectivity index (χ2n) is 5.69. The van der Waals surface area contributed by atoms with Crippen molar-refractivity contribution in [3.8, 4) is 0 Å². The number of benzene rings is 2. The lowest BCUT2D eigenvalue weighted by Crippen LogP contribution is -2.24. The van der Waals surface area contributed by atoms with E-state index in [2.05, 4.69) is 12.1 Å². The van der Waals surface area contributed by atoms with Gasteiger partial charge in [0.2, 0.25) is 0 Å². The summed E-state index contributed by atoms with van der Waals surface area (Å²) in [6.45, 7) is 3.94. The van der Waals surface area contributed by atoms with Crippen LogP contribution in [0.4, 0.5) is 0 Å². The summed E-state index contributed by atoms with van der Waals surface area (Å²) < 4.78 is 7.20. The van der Waals surface area contributed by atoms with E-state index in [1.807, 2.05) is 49.4 Å². The van der Waals surface area contributed by atoms with Gasteiger partial charge in [-0.3, -0.25) is 9.36 Å². The molecule has 0 N–H and O–H groups in total. The molecule has 2 aromatic carbocycles. The van der Waals surface area contributed by atoms with Crippen LogP contribution in [0, 0.1) is 0 Å². The number of ether oxygens (including phenoxy) is 1. The van der Waals surface area contributed by atoms with Gasteiger partial charge in [0.15, 0.2) is 5.16 Å². The highest BCUT2D eigenvalue weighted by atomic mass is 32.2. The third kappa shape index (κ3) is 4.50. The Morgan fingerprint density at radius 2 is 1.84 bits per heavy atom. The average Bonchev–Trinajstić information content (AvgIpc) is 2.66. The Hall–Kier alpha value is -2.11. The van der Waals surface area contributed by atoms with Gasteiger partial charge in [0.05, 0.1) is 10.9 Å². The number of thioether (sulfide) groups is 1. The van der Waals surface area contributed by atoms with Gasteiger partial charge in [-0.25, -0.2) is 4.98 Å². The van der Waals surface area contributed by atoms with E-state index in [1.165, 1.54) is 5.56 Å². The van der Waals surface area contributed by atoms with Crippen LogP contribution in [-0.2, 0) is 17.0 Å². The van der Waals surface area contributed by atoms with E-state index in [1.54, 1.807) is 16.3 Å². The van der Waals surface area contributed by atoms with Crippen LogP contribution < -0.4 is 5.56 Å². The third-order valence-electron chi connectivity index (χ3n) is 3.91. The topological polar surface area (TPSA) is 44.1 Å². The summed E-state index contributed by atoms with van der Waals surface area (Å²) in [5.41, 5.74) is 2.00. The van der Waals surface area contributed by atoms with Crippen LogP contribution in [0.25, 0.3) is 10.9 Å². The Morgan fingerprint density at radius 3 is 2.64 bits per heavy atom. The lowest BCUT2D eigenvalue weighted by molar-refractivity contribution is 0.140.